The number of nitrogens with zero attached hydrogens (tertiary/aromatic N) is 1. The fraction of sp³-hybridized carbons (Fsp3) is 0.176. The molecule has 0 saturated heterocycles. The highest BCUT2D eigenvalue weighted by Crippen LogP contribution is 2.28. The number of halogens is 2. The van der Waals surface area contributed by atoms with E-state index in [1.165, 1.54) is 43.0 Å². The van der Waals surface area contributed by atoms with E-state index < -0.39 is 28.7 Å². The van der Waals surface area contributed by atoms with Gasteiger partial charge in [0.15, 0.2) is 6.10 Å². The van der Waals surface area contributed by atoms with Crippen LogP contribution < -0.4 is 5.32 Å². The average Bonchev–Trinajstić information content (AvgIpc) is 2.63. The molecule has 0 radical (unpaired) electrons. The van der Waals surface area contributed by atoms with Gasteiger partial charge in [0.05, 0.1) is 20.4 Å². The number of benzene rings is 2. The first-order valence-electron chi connectivity index (χ1n) is 7.52. The minimum atomic E-state index is -1.19. The average molecular weight is 413 g/mol. The number of nitrogens with one attached hydrogen (secondary N) is 1. The van der Waals surface area contributed by atoms with Crippen LogP contribution in [0.15, 0.2) is 41.3 Å². The highest BCUT2D eigenvalue weighted by atomic mass is 35.5. The summed E-state index contributed by atoms with van der Waals surface area (Å²) in [6, 6.07) is 7.52. The molecule has 142 valence electrons. The number of hydrogen-bond donors (Lipinski definition) is 1. The van der Waals surface area contributed by atoms with Gasteiger partial charge in [0, 0.05) is 11.8 Å². The Morgan fingerprint density at radius 3 is 2.59 bits per heavy atom. The summed E-state index contributed by atoms with van der Waals surface area (Å²) < 4.78 is 18.2. The summed E-state index contributed by atoms with van der Waals surface area (Å²) in [6.45, 7) is 1.34. The van der Waals surface area contributed by atoms with E-state index in [1.54, 1.807) is 6.26 Å². The Morgan fingerprint density at radius 1 is 1.30 bits per heavy atom. The summed E-state index contributed by atoms with van der Waals surface area (Å²) in [4.78, 5) is 35.2. The van der Waals surface area contributed by atoms with E-state index in [0.717, 1.165) is 12.1 Å². The van der Waals surface area contributed by atoms with E-state index in [4.69, 9.17) is 16.3 Å². The van der Waals surface area contributed by atoms with E-state index in [-0.39, 0.29) is 22.0 Å². The summed E-state index contributed by atoms with van der Waals surface area (Å²) in [5, 5.41) is 13.3. The zero-order valence-electron chi connectivity index (χ0n) is 14.2. The van der Waals surface area contributed by atoms with Crippen molar-refractivity contribution in [3.63, 3.8) is 0 Å². The SMILES string of the molecule is CSc1ccc(C(=O)O[C@H](C)C(=O)Nc2ccc(F)c(Cl)c2)cc1[N+](=O)[O-]. The number of thioether (sulfide) groups is 1. The van der Waals surface area contributed by atoms with Gasteiger partial charge in [0.25, 0.3) is 11.6 Å². The third-order valence-electron chi connectivity index (χ3n) is 3.45. The number of anilines is 1. The van der Waals surface area contributed by atoms with Crippen molar-refractivity contribution in [3.8, 4) is 0 Å². The van der Waals surface area contributed by atoms with Gasteiger partial charge in [-0.2, -0.15) is 0 Å². The summed E-state index contributed by atoms with van der Waals surface area (Å²) in [7, 11) is 0. The number of ether oxygens (including phenoxy) is 1. The Hall–Kier alpha value is -2.65. The topological polar surface area (TPSA) is 98.5 Å². The first-order chi connectivity index (χ1) is 12.7. The normalized spacial score (nSPS) is 11.6. The molecule has 0 spiro atoms. The summed E-state index contributed by atoms with van der Waals surface area (Å²) in [6.07, 6.45) is 0.481. The minimum absolute atomic E-state index is 0.0519. The molecule has 0 bridgehead atoms. The largest absolute Gasteiger partial charge is 0.449 e. The van der Waals surface area contributed by atoms with Crippen LogP contribution in [0.4, 0.5) is 15.8 Å². The maximum atomic E-state index is 13.1. The highest BCUT2D eigenvalue weighted by Gasteiger charge is 2.22. The molecule has 27 heavy (non-hydrogen) atoms. The van der Waals surface area contributed by atoms with E-state index in [2.05, 4.69) is 5.32 Å². The molecule has 0 aliphatic heterocycles. The Bertz CT molecular complexity index is 909. The van der Waals surface area contributed by atoms with E-state index in [1.807, 2.05) is 0 Å². The third kappa shape index (κ3) is 5.18. The molecule has 0 aliphatic carbocycles. The molecule has 0 saturated carbocycles. The Labute approximate surface area is 163 Å². The van der Waals surface area contributed by atoms with Crippen LogP contribution in [0.5, 0.6) is 0 Å². The minimum Gasteiger partial charge on any atom is -0.449 e. The fourth-order valence-electron chi connectivity index (χ4n) is 2.06. The Morgan fingerprint density at radius 2 is 2.00 bits per heavy atom. The molecular formula is C17H14ClFN2O5S. The van der Waals surface area contributed by atoms with Crippen LogP contribution in [0.2, 0.25) is 5.02 Å². The zero-order chi connectivity index (χ0) is 20.1. The van der Waals surface area contributed by atoms with Gasteiger partial charge in [0.1, 0.15) is 5.82 Å². The number of nitro groups is 1. The van der Waals surface area contributed by atoms with E-state index in [9.17, 15) is 24.1 Å². The van der Waals surface area contributed by atoms with Crippen LogP contribution in [0.1, 0.15) is 17.3 Å². The zero-order valence-corrected chi connectivity index (χ0v) is 15.8. The van der Waals surface area contributed by atoms with E-state index in [0.29, 0.717) is 4.90 Å². The molecule has 1 atom stereocenters. The van der Waals surface area contributed by atoms with Crippen molar-refractivity contribution in [3.05, 3.63) is 62.9 Å². The van der Waals surface area contributed by atoms with Crippen LogP contribution >= 0.6 is 23.4 Å². The lowest BCUT2D eigenvalue weighted by Gasteiger charge is -2.14. The summed E-state index contributed by atoms with van der Waals surface area (Å²) in [5.41, 5.74) is -0.0479. The van der Waals surface area contributed by atoms with Crippen LogP contribution in [0.25, 0.3) is 0 Å². The predicted molar refractivity (Wildman–Crippen MR) is 99.8 cm³/mol. The van der Waals surface area contributed by atoms with Crippen molar-refractivity contribution in [2.24, 2.45) is 0 Å². The maximum Gasteiger partial charge on any atom is 0.339 e. The fourth-order valence-corrected chi connectivity index (χ4v) is 2.79. The van der Waals surface area contributed by atoms with Gasteiger partial charge in [-0.25, -0.2) is 9.18 Å². The standard InChI is InChI=1S/C17H14ClFN2O5S/c1-9(16(22)20-11-4-5-13(19)12(18)8-11)26-17(23)10-3-6-15(27-2)14(7-10)21(24)25/h3-9H,1-2H3,(H,20,22)/t9-/m1/s1. The molecule has 7 nitrogen and oxygen atoms in total. The molecule has 0 aliphatic rings. The van der Waals surface area contributed by atoms with Crippen molar-refractivity contribution in [1.29, 1.82) is 0 Å². The first-order valence-corrected chi connectivity index (χ1v) is 9.12. The number of carbonyl (C=O) groups excluding carboxylic acids is 2. The van der Waals surface area contributed by atoms with Gasteiger partial charge in [-0.1, -0.05) is 11.6 Å². The van der Waals surface area contributed by atoms with Crippen LogP contribution in [0, 0.1) is 15.9 Å². The lowest BCUT2D eigenvalue weighted by molar-refractivity contribution is -0.387. The second-order valence-corrected chi connectivity index (χ2v) is 6.56. The lowest BCUT2D eigenvalue weighted by Crippen LogP contribution is -2.30. The van der Waals surface area contributed by atoms with Crippen LogP contribution in [-0.4, -0.2) is 29.2 Å². The van der Waals surface area contributed by atoms with Gasteiger partial charge in [0.2, 0.25) is 0 Å². The summed E-state index contributed by atoms with van der Waals surface area (Å²) >= 11 is 6.81. The predicted octanol–water partition coefficient (Wildman–Crippen LogP) is 4.29. The molecule has 10 heteroatoms. The number of amides is 1. The molecule has 1 N–H and O–H groups in total. The van der Waals surface area contributed by atoms with Crippen molar-refractivity contribution in [1.82, 2.24) is 0 Å². The smallest absolute Gasteiger partial charge is 0.339 e. The number of nitro benzene ring substituents is 1. The number of hydrogen-bond acceptors (Lipinski definition) is 6. The monoisotopic (exact) mass is 412 g/mol. The second-order valence-electron chi connectivity index (χ2n) is 5.31. The molecule has 0 heterocycles. The molecule has 2 aromatic rings. The number of carbonyl (C=O) groups is 2. The van der Waals surface area contributed by atoms with Gasteiger partial charge >= 0.3 is 5.97 Å². The summed E-state index contributed by atoms with van der Waals surface area (Å²) in [5.74, 6) is -2.18. The van der Waals surface area contributed by atoms with Crippen LogP contribution in [0.3, 0.4) is 0 Å². The molecule has 0 aromatic heterocycles. The van der Waals surface area contributed by atoms with Crippen molar-refractivity contribution < 1.29 is 23.6 Å². The van der Waals surface area contributed by atoms with Gasteiger partial charge in [-0.15, -0.1) is 11.8 Å². The van der Waals surface area contributed by atoms with Crippen molar-refractivity contribution in [2.45, 2.75) is 17.9 Å². The highest BCUT2D eigenvalue weighted by molar-refractivity contribution is 7.98. The van der Waals surface area contributed by atoms with Crippen LogP contribution in [-0.2, 0) is 9.53 Å². The van der Waals surface area contributed by atoms with Crippen molar-refractivity contribution >= 4 is 46.6 Å². The second kappa shape index (κ2) is 8.83. The van der Waals surface area contributed by atoms with Crippen molar-refractivity contribution in [2.75, 3.05) is 11.6 Å². The number of esters is 1. The van der Waals surface area contributed by atoms with E-state index >= 15 is 0 Å². The molecule has 2 aromatic carbocycles. The molecule has 1 amide bonds. The maximum absolute atomic E-state index is 13.1. The molecular weight excluding hydrogens is 399 g/mol. The third-order valence-corrected chi connectivity index (χ3v) is 4.53. The molecule has 0 unspecified atom stereocenters. The Balaban J connectivity index is 2.08. The van der Waals surface area contributed by atoms with Gasteiger partial charge < -0.3 is 10.1 Å². The first kappa shape index (κ1) is 20.7. The Kier molecular flexibility index (Phi) is 6.75. The number of rotatable bonds is 6. The van der Waals surface area contributed by atoms with Gasteiger partial charge in [-0.05, 0) is 43.5 Å². The quantitative estimate of drug-likeness (QED) is 0.329. The molecule has 2 rings (SSSR count). The molecule has 0 fully saturated rings. The van der Waals surface area contributed by atoms with Gasteiger partial charge in [-0.3, -0.25) is 14.9 Å². The lowest BCUT2D eigenvalue weighted by atomic mass is 10.2.